The summed E-state index contributed by atoms with van der Waals surface area (Å²) in [5.41, 5.74) is 6.94. The van der Waals surface area contributed by atoms with Crippen LogP contribution in [0, 0.1) is 20.8 Å². The van der Waals surface area contributed by atoms with Crippen LogP contribution in [0.1, 0.15) is 23.1 Å². The third-order valence-corrected chi connectivity index (χ3v) is 4.81. The lowest BCUT2D eigenvalue weighted by Crippen LogP contribution is -2.23. The molecule has 5 heteroatoms. The van der Waals surface area contributed by atoms with Gasteiger partial charge in [-0.1, -0.05) is 17.7 Å². The quantitative estimate of drug-likeness (QED) is 0.788. The van der Waals surface area contributed by atoms with Gasteiger partial charge in [0.15, 0.2) is 11.5 Å². The SMILES string of the molecule is Cc1cc(C)c(-c2cnc3c(N4CCC(O)C4)nccn23)c(C)c1. The van der Waals surface area contributed by atoms with Gasteiger partial charge in [0, 0.05) is 31.0 Å². The maximum absolute atomic E-state index is 9.82. The predicted octanol–water partition coefficient (Wildman–Crippen LogP) is 2.89. The van der Waals surface area contributed by atoms with Crippen molar-refractivity contribution >= 4 is 11.5 Å². The molecule has 1 aliphatic heterocycles. The summed E-state index contributed by atoms with van der Waals surface area (Å²) in [6.45, 7) is 7.86. The summed E-state index contributed by atoms with van der Waals surface area (Å²) in [7, 11) is 0. The summed E-state index contributed by atoms with van der Waals surface area (Å²) in [4.78, 5) is 11.3. The molecule has 1 unspecified atom stereocenters. The number of rotatable bonds is 2. The minimum Gasteiger partial charge on any atom is -0.391 e. The first-order valence-corrected chi connectivity index (χ1v) is 8.38. The molecular formula is C19H22N4O. The maximum atomic E-state index is 9.82. The smallest absolute Gasteiger partial charge is 0.180 e. The third kappa shape index (κ3) is 2.36. The van der Waals surface area contributed by atoms with Gasteiger partial charge in [0.2, 0.25) is 0 Å². The van der Waals surface area contributed by atoms with E-state index in [0.717, 1.165) is 30.1 Å². The highest BCUT2D eigenvalue weighted by atomic mass is 16.3. The molecule has 1 fully saturated rings. The van der Waals surface area contributed by atoms with Gasteiger partial charge < -0.3 is 10.0 Å². The molecule has 24 heavy (non-hydrogen) atoms. The number of aliphatic hydroxyl groups excluding tert-OH is 1. The zero-order valence-corrected chi connectivity index (χ0v) is 14.3. The Labute approximate surface area is 141 Å². The second-order valence-corrected chi connectivity index (χ2v) is 6.75. The van der Waals surface area contributed by atoms with Crippen LogP contribution < -0.4 is 4.90 Å². The highest BCUT2D eigenvalue weighted by Gasteiger charge is 2.24. The number of imidazole rings is 1. The van der Waals surface area contributed by atoms with Gasteiger partial charge in [0.1, 0.15) is 0 Å². The van der Waals surface area contributed by atoms with Crippen molar-refractivity contribution in [2.45, 2.75) is 33.3 Å². The molecule has 0 amide bonds. The minimum absolute atomic E-state index is 0.275. The van der Waals surface area contributed by atoms with Crippen LogP contribution in [0.25, 0.3) is 16.9 Å². The van der Waals surface area contributed by atoms with Gasteiger partial charge in [-0.25, -0.2) is 9.97 Å². The summed E-state index contributed by atoms with van der Waals surface area (Å²) in [6, 6.07) is 4.42. The summed E-state index contributed by atoms with van der Waals surface area (Å²) >= 11 is 0. The van der Waals surface area contributed by atoms with Gasteiger partial charge in [0.25, 0.3) is 0 Å². The van der Waals surface area contributed by atoms with Gasteiger partial charge >= 0.3 is 0 Å². The van der Waals surface area contributed by atoms with Crippen LogP contribution >= 0.6 is 0 Å². The number of aryl methyl sites for hydroxylation is 3. The van der Waals surface area contributed by atoms with Crippen molar-refractivity contribution in [1.82, 2.24) is 14.4 Å². The highest BCUT2D eigenvalue weighted by molar-refractivity contribution is 5.75. The van der Waals surface area contributed by atoms with E-state index in [4.69, 9.17) is 0 Å². The van der Waals surface area contributed by atoms with E-state index in [1.807, 2.05) is 18.6 Å². The first-order valence-electron chi connectivity index (χ1n) is 8.38. The van der Waals surface area contributed by atoms with E-state index in [0.29, 0.717) is 6.54 Å². The molecule has 1 N–H and O–H groups in total. The average molecular weight is 322 g/mol. The van der Waals surface area contributed by atoms with Crippen LogP contribution in [0.5, 0.6) is 0 Å². The van der Waals surface area contributed by atoms with Gasteiger partial charge in [-0.15, -0.1) is 0 Å². The summed E-state index contributed by atoms with van der Waals surface area (Å²) in [5, 5.41) is 9.82. The molecule has 1 saturated heterocycles. The van der Waals surface area contributed by atoms with E-state index in [1.165, 1.54) is 22.3 Å². The van der Waals surface area contributed by atoms with Crippen LogP contribution in [-0.4, -0.2) is 38.7 Å². The molecule has 0 spiro atoms. The van der Waals surface area contributed by atoms with Crippen molar-refractivity contribution in [2.24, 2.45) is 0 Å². The molecule has 1 atom stereocenters. The Bertz CT molecular complexity index is 892. The van der Waals surface area contributed by atoms with E-state index in [1.54, 1.807) is 0 Å². The fourth-order valence-electron chi connectivity index (χ4n) is 3.83. The Morgan fingerprint density at radius 1 is 1.12 bits per heavy atom. The molecule has 4 rings (SSSR count). The monoisotopic (exact) mass is 322 g/mol. The van der Waals surface area contributed by atoms with E-state index in [9.17, 15) is 5.11 Å². The van der Waals surface area contributed by atoms with Gasteiger partial charge in [-0.2, -0.15) is 0 Å². The normalized spacial score (nSPS) is 17.8. The lowest BCUT2D eigenvalue weighted by atomic mass is 9.98. The molecular weight excluding hydrogens is 300 g/mol. The maximum Gasteiger partial charge on any atom is 0.180 e. The van der Waals surface area contributed by atoms with Gasteiger partial charge in [-0.05, 0) is 38.3 Å². The fraction of sp³-hybridized carbons (Fsp3) is 0.368. The molecule has 0 saturated carbocycles. The van der Waals surface area contributed by atoms with Gasteiger partial charge in [0.05, 0.1) is 18.0 Å². The number of fused-ring (bicyclic) bond motifs is 1. The van der Waals surface area contributed by atoms with Crippen molar-refractivity contribution in [3.63, 3.8) is 0 Å². The number of benzene rings is 1. The summed E-state index contributed by atoms with van der Waals surface area (Å²) in [6.07, 6.45) is 6.22. The molecule has 1 aliphatic rings. The molecule has 0 bridgehead atoms. The van der Waals surface area contributed by atoms with E-state index < -0.39 is 0 Å². The fourth-order valence-corrected chi connectivity index (χ4v) is 3.83. The molecule has 0 aliphatic carbocycles. The Balaban J connectivity index is 1.88. The molecule has 1 aromatic carbocycles. The second kappa shape index (κ2) is 5.60. The van der Waals surface area contributed by atoms with Crippen LogP contribution in [-0.2, 0) is 0 Å². The molecule has 3 aromatic rings. The second-order valence-electron chi connectivity index (χ2n) is 6.75. The zero-order valence-electron chi connectivity index (χ0n) is 14.3. The predicted molar refractivity (Wildman–Crippen MR) is 95.5 cm³/mol. The highest BCUT2D eigenvalue weighted by Crippen LogP contribution is 2.31. The van der Waals surface area contributed by atoms with Crippen LogP contribution in [0.2, 0.25) is 0 Å². The number of nitrogens with zero attached hydrogens (tertiary/aromatic N) is 4. The number of aromatic nitrogens is 3. The Kier molecular flexibility index (Phi) is 3.53. The van der Waals surface area contributed by atoms with Crippen LogP contribution in [0.4, 0.5) is 5.82 Å². The Morgan fingerprint density at radius 2 is 1.88 bits per heavy atom. The molecule has 124 valence electrons. The number of aliphatic hydroxyl groups is 1. The molecule has 0 radical (unpaired) electrons. The number of hydrogen-bond donors (Lipinski definition) is 1. The molecule has 2 aromatic heterocycles. The van der Waals surface area contributed by atoms with Crippen molar-refractivity contribution in [1.29, 1.82) is 0 Å². The van der Waals surface area contributed by atoms with Crippen molar-refractivity contribution in [3.05, 3.63) is 47.4 Å². The van der Waals surface area contributed by atoms with Crippen LogP contribution in [0.15, 0.2) is 30.7 Å². The minimum atomic E-state index is -0.275. The first kappa shape index (κ1) is 15.1. The van der Waals surface area contributed by atoms with Crippen molar-refractivity contribution in [3.8, 4) is 11.3 Å². The third-order valence-electron chi connectivity index (χ3n) is 4.81. The van der Waals surface area contributed by atoms with E-state index in [-0.39, 0.29) is 6.10 Å². The summed E-state index contributed by atoms with van der Waals surface area (Å²) in [5.74, 6) is 0.850. The summed E-state index contributed by atoms with van der Waals surface area (Å²) < 4.78 is 2.11. The van der Waals surface area contributed by atoms with Crippen molar-refractivity contribution < 1.29 is 5.11 Å². The molecule has 3 heterocycles. The van der Waals surface area contributed by atoms with Crippen LogP contribution in [0.3, 0.4) is 0 Å². The Hall–Kier alpha value is -2.40. The topological polar surface area (TPSA) is 53.7 Å². The average Bonchev–Trinajstić information content (AvgIpc) is 3.13. The van der Waals surface area contributed by atoms with Crippen molar-refractivity contribution in [2.75, 3.05) is 18.0 Å². The zero-order chi connectivity index (χ0) is 16.8. The number of β-amino-alcohol motifs (C(OH)–C–C–N with tert-alkyl or cyclic N) is 1. The lowest BCUT2D eigenvalue weighted by molar-refractivity contribution is 0.198. The van der Waals surface area contributed by atoms with Gasteiger partial charge in [-0.3, -0.25) is 4.40 Å². The standard InChI is InChI=1S/C19H22N4O/c1-12-8-13(2)17(14(3)9-12)16-10-21-19-18(20-5-7-23(16)19)22-6-4-15(24)11-22/h5,7-10,15,24H,4,6,11H2,1-3H3. The number of anilines is 1. The first-order chi connectivity index (χ1) is 11.5. The van der Waals surface area contributed by atoms with E-state index in [2.05, 4.69) is 52.2 Å². The Morgan fingerprint density at radius 3 is 2.54 bits per heavy atom. The number of hydrogen-bond acceptors (Lipinski definition) is 4. The molecule has 5 nitrogen and oxygen atoms in total. The largest absolute Gasteiger partial charge is 0.391 e. The lowest BCUT2D eigenvalue weighted by Gasteiger charge is -2.17. The van der Waals surface area contributed by atoms with E-state index >= 15 is 0 Å².